The van der Waals surface area contributed by atoms with E-state index in [9.17, 15) is 0 Å². The maximum absolute atomic E-state index is 6.43. The summed E-state index contributed by atoms with van der Waals surface area (Å²) in [6.07, 6.45) is 4.93. The molecule has 0 amide bonds. The Morgan fingerprint density at radius 1 is 0.900 bits per heavy atom. The second-order valence-corrected chi connectivity index (χ2v) is 6.02. The molecule has 2 aromatic carbocycles. The Hall–Kier alpha value is -1.80. The van der Waals surface area contributed by atoms with Crippen LogP contribution in [0, 0.1) is 0 Å². The summed E-state index contributed by atoms with van der Waals surface area (Å²) in [7, 11) is 0. The lowest BCUT2D eigenvalue weighted by molar-refractivity contribution is 0.304. The molecule has 2 N–H and O–H groups in total. The highest BCUT2D eigenvalue weighted by Crippen LogP contribution is 2.48. The Morgan fingerprint density at radius 3 is 2.25 bits per heavy atom. The molecule has 4 rings (SSSR count). The lowest BCUT2D eigenvalue weighted by Gasteiger charge is -2.18. The van der Waals surface area contributed by atoms with Crippen LogP contribution in [-0.4, -0.2) is 6.10 Å². The summed E-state index contributed by atoms with van der Waals surface area (Å²) in [5.41, 5.74) is 9.96. The first-order chi connectivity index (χ1) is 9.76. The van der Waals surface area contributed by atoms with Crippen molar-refractivity contribution in [2.75, 3.05) is 0 Å². The molecule has 2 fully saturated rings. The average Bonchev–Trinajstić information content (AvgIpc) is 3.39. The predicted molar refractivity (Wildman–Crippen MR) is 80.6 cm³/mol. The Labute approximate surface area is 119 Å². The predicted octanol–water partition coefficient (Wildman–Crippen LogP) is 3.84. The van der Waals surface area contributed by atoms with Crippen LogP contribution in [0.4, 0.5) is 0 Å². The van der Waals surface area contributed by atoms with Gasteiger partial charge in [-0.1, -0.05) is 42.5 Å². The van der Waals surface area contributed by atoms with E-state index in [1.165, 1.54) is 29.5 Å². The standard InChI is InChI=1S/C18H19NO/c19-18(11-12-18)16-7-3-1-5-14(16)15-6-2-4-8-17(15)20-13-9-10-13/h1-8,13H,9-12,19H2. The molecular weight excluding hydrogens is 246 g/mol. The summed E-state index contributed by atoms with van der Waals surface area (Å²) in [5, 5.41) is 0. The van der Waals surface area contributed by atoms with E-state index >= 15 is 0 Å². The Bertz CT molecular complexity index is 641. The van der Waals surface area contributed by atoms with Gasteiger partial charge < -0.3 is 10.5 Å². The number of hydrogen-bond donors (Lipinski definition) is 1. The van der Waals surface area contributed by atoms with E-state index in [4.69, 9.17) is 10.5 Å². The molecule has 2 heteroatoms. The van der Waals surface area contributed by atoms with E-state index in [1.807, 2.05) is 6.07 Å². The zero-order chi connectivity index (χ0) is 13.6. The van der Waals surface area contributed by atoms with Crippen LogP contribution in [0.25, 0.3) is 11.1 Å². The van der Waals surface area contributed by atoms with E-state index in [0.29, 0.717) is 6.10 Å². The molecule has 0 saturated heterocycles. The van der Waals surface area contributed by atoms with Crippen molar-refractivity contribution in [2.24, 2.45) is 5.73 Å². The van der Waals surface area contributed by atoms with Crippen molar-refractivity contribution in [1.82, 2.24) is 0 Å². The zero-order valence-electron chi connectivity index (χ0n) is 11.5. The third-order valence-corrected chi connectivity index (χ3v) is 4.25. The lowest BCUT2D eigenvalue weighted by Crippen LogP contribution is -2.19. The quantitative estimate of drug-likeness (QED) is 0.911. The first kappa shape index (κ1) is 12.0. The third-order valence-electron chi connectivity index (χ3n) is 4.25. The molecule has 0 atom stereocenters. The van der Waals surface area contributed by atoms with E-state index in [2.05, 4.69) is 42.5 Å². The molecule has 0 aromatic heterocycles. The molecule has 102 valence electrons. The van der Waals surface area contributed by atoms with Crippen LogP contribution >= 0.6 is 0 Å². The number of para-hydroxylation sites is 1. The zero-order valence-corrected chi connectivity index (χ0v) is 11.5. The highest BCUT2D eigenvalue weighted by molar-refractivity contribution is 5.75. The van der Waals surface area contributed by atoms with Crippen molar-refractivity contribution >= 4 is 0 Å². The number of ether oxygens (including phenoxy) is 1. The molecule has 2 aliphatic carbocycles. The van der Waals surface area contributed by atoms with Crippen LogP contribution < -0.4 is 10.5 Å². The van der Waals surface area contributed by atoms with E-state index < -0.39 is 0 Å². The minimum atomic E-state index is -0.122. The van der Waals surface area contributed by atoms with Crippen molar-refractivity contribution in [3.05, 3.63) is 54.1 Å². The van der Waals surface area contributed by atoms with Crippen LogP contribution in [0.3, 0.4) is 0 Å². The molecule has 20 heavy (non-hydrogen) atoms. The topological polar surface area (TPSA) is 35.2 Å². The summed E-state index contributed by atoms with van der Waals surface area (Å²) in [4.78, 5) is 0. The Morgan fingerprint density at radius 2 is 1.55 bits per heavy atom. The third kappa shape index (κ3) is 2.10. The van der Waals surface area contributed by atoms with Gasteiger partial charge in [-0.25, -0.2) is 0 Å². The fraction of sp³-hybridized carbons (Fsp3) is 0.333. The summed E-state index contributed by atoms with van der Waals surface area (Å²) in [6, 6.07) is 16.8. The van der Waals surface area contributed by atoms with Crippen molar-refractivity contribution < 1.29 is 4.74 Å². The van der Waals surface area contributed by atoms with Gasteiger partial charge in [-0.2, -0.15) is 0 Å². The molecule has 2 aliphatic rings. The summed E-state index contributed by atoms with van der Waals surface area (Å²) < 4.78 is 6.06. The summed E-state index contributed by atoms with van der Waals surface area (Å²) in [5.74, 6) is 0.992. The first-order valence-corrected chi connectivity index (χ1v) is 7.41. The van der Waals surface area contributed by atoms with Gasteiger partial charge in [-0.05, 0) is 42.9 Å². The number of benzene rings is 2. The minimum absolute atomic E-state index is 0.122. The van der Waals surface area contributed by atoms with Gasteiger partial charge in [0.1, 0.15) is 5.75 Å². The van der Waals surface area contributed by atoms with Gasteiger partial charge in [0.25, 0.3) is 0 Å². The second-order valence-electron chi connectivity index (χ2n) is 6.02. The molecule has 2 saturated carbocycles. The van der Waals surface area contributed by atoms with E-state index in [-0.39, 0.29) is 5.54 Å². The molecule has 2 nitrogen and oxygen atoms in total. The first-order valence-electron chi connectivity index (χ1n) is 7.41. The Balaban J connectivity index is 1.81. The average molecular weight is 265 g/mol. The minimum Gasteiger partial charge on any atom is -0.490 e. The number of nitrogens with two attached hydrogens (primary N) is 1. The normalized spacial score (nSPS) is 19.6. The maximum Gasteiger partial charge on any atom is 0.127 e. The van der Waals surface area contributed by atoms with Gasteiger partial charge in [-0.15, -0.1) is 0 Å². The highest BCUT2D eigenvalue weighted by Gasteiger charge is 2.41. The van der Waals surface area contributed by atoms with Crippen LogP contribution in [0.5, 0.6) is 5.75 Å². The van der Waals surface area contributed by atoms with Gasteiger partial charge in [0.15, 0.2) is 0 Å². The van der Waals surface area contributed by atoms with E-state index in [0.717, 1.165) is 18.6 Å². The van der Waals surface area contributed by atoms with Gasteiger partial charge in [0.2, 0.25) is 0 Å². The van der Waals surface area contributed by atoms with Crippen LogP contribution in [-0.2, 0) is 5.54 Å². The fourth-order valence-electron chi connectivity index (χ4n) is 2.71. The monoisotopic (exact) mass is 265 g/mol. The molecular formula is C18H19NO. The maximum atomic E-state index is 6.43. The van der Waals surface area contributed by atoms with Gasteiger partial charge in [-0.3, -0.25) is 0 Å². The molecule has 0 spiro atoms. The van der Waals surface area contributed by atoms with Gasteiger partial charge in [0, 0.05) is 11.1 Å². The van der Waals surface area contributed by atoms with Crippen molar-refractivity contribution in [1.29, 1.82) is 0 Å². The van der Waals surface area contributed by atoms with Crippen LogP contribution in [0.1, 0.15) is 31.2 Å². The largest absolute Gasteiger partial charge is 0.490 e. The van der Waals surface area contributed by atoms with Crippen LogP contribution in [0.2, 0.25) is 0 Å². The van der Waals surface area contributed by atoms with Gasteiger partial charge in [0.05, 0.1) is 6.10 Å². The molecule has 0 radical (unpaired) electrons. The molecule has 0 aliphatic heterocycles. The fourth-order valence-corrected chi connectivity index (χ4v) is 2.71. The Kier molecular flexibility index (Phi) is 2.61. The van der Waals surface area contributed by atoms with Crippen LogP contribution in [0.15, 0.2) is 48.5 Å². The molecule has 2 aromatic rings. The van der Waals surface area contributed by atoms with Gasteiger partial charge >= 0.3 is 0 Å². The van der Waals surface area contributed by atoms with Crippen molar-refractivity contribution in [2.45, 2.75) is 37.3 Å². The number of hydrogen-bond acceptors (Lipinski definition) is 2. The molecule has 0 heterocycles. The lowest BCUT2D eigenvalue weighted by atomic mass is 9.93. The van der Waals surface area contributed by atoms with Crippen molar-refractivity contribution in [3.63, 3.8) is 0 Å². The molecule has 0 bridgehead atoms. The van der Waals surface area contributed by atoms with Crippen molar-refractivity contribution in [3.8, 4) is 16.9 Å². The SMILES string of the molecule is NC1(c2ccccc2-c2ccccc2OC2CC2)CC1. The smallest absolute Gasteiger partial charge is 0.127 e. The summed E-state index contributed by atoms with van der Waals surface area (Å²) >= 11 is 0. The molecule has 0 unspecified atom stereocenters. The second kappa shape index (κ2) is 4.35. The van der Waals surface area contributed by atoms with E-state index in [1.54, 1.807) is 0 Å². The summed E-state index contributed by atoms with van der Waals surface area (Å²) in [6.45, 7) is 0. The number of rotatable bonds is 4. The highest BCUT2D eigenvalue weighted by atomic mass is 16.5.